The lowest BCUT2D eigenvalue weighted by Gasteiger charge is -2.21. The van der Waals surface area contributed by atoms with Gasteiger partial charge in [-0.05, 0) is 50.1 Å². The molecule has 0 spiro atoms. The zero-order chi connectivity index (χ0) is 18.3. The minimum Gasteiger partial charge on any atom is -0.478 e. The van der Waals surface area contributed by atoms with Gasteiger partial charge >= 0.3 is 5.97 Å². The second-order valence-electron chi connectivity index (χ2n) is 6.44. The van der Waals surface area contributed by atoms with Crippen molar-refractivity contribution >= 4 is 5.97 Å². The highest BCUT2D eigenvalue weighted by Gasteiger charge is 2.29. The van der Waals surface area contributed by atoms with Crippen LogP contribution in [0.5, 0.6) is 5.75 Å². The van der Waals surface area contributed by atoms with E-state index in [0.717, 1.165) is 24.1 Å². The third kappa shape index (κ3) is 5.89. The Morgan fingerprint density at radius 1 is 1.12 bits per heavy atom. The van der Waals surface area contributed by atoms with Crippen LogP contribution in [0.3, 0.4) is 0 Å². The van der Waals surface area contributed by atoms with E-state index in [2.05, 4.69) is 5.32 Å². The van der Waals surface area contributed by atoms with E-state index >= 15 is 0 Å². The second kappa shape index (κ2) is 8.65. The number of rotatable bonds is 9. The summed E-state index contributed by atoms with van der Waals surface area (Å²) in [6, 6.07) is 17.0. The summed E-state index contributed by atoms with van der Waals surface area (Å²) in [4.78, 5) is 11.1. The molecule has 0 aliphatic rings. The molecule has 5 heteroatoms. The Balaban J connectivity index is 1.75. The highest BCUT2D eigenvalue weighted by atomic mass is 16.5. The number of aliphatic hydroxyl groups is 1. The molecule has 0 unspecified atom stereocenters. The topological polar surface area (TPSA) is 78.8 Å². The summed E-state index contributed by atoms with van der Waals surface area (Å²) in [5.41, 5.74) is 0.760. The molecular formula is C20H25NO4. The minimum atomic E-state index is -1.25. The monoisotopic (exact) mass is 343 g/mol. The minimum absolute atomic E-state index is 0.498. The van der Waals surface area contributed by atoms with Gasteiger partial charge < -0.3 is 20.3 Å². The molecule has 1 atom stereocenters. The molecule has 0 aromatic heterocycles. The predicted molar refractivity (Wildman–Crippen MR) is 96.8 cm³/mol. The van der Waals surface area contributed by atoms with Gasteiger partial charge in [-0.25, -0.2) is 4.79 Å². The van der Waals surface area contributed by atoms with E-state index in [0.29, 0.717) is 12.3 Å². The molecule has 134 valence electrons. The fourth-order valence-electron chi connectivity index (χ4n) is 2.33. The number of ether oxygens (including phenoxy) is 1. The van der Waals surface area contributed by atoms with Crippen molar-refractivity contribution < 1.29 is 19.7 Å². The standard InChI is InChI=1S/C20H25NO4/c1-20(2,19(23)24)25-17-10-8-15(9-11-17)12-13-21-14-18(22)16-6-4-3-5-7-16/h3-11,18,21-22H,12-14H2,1-2H3,(H,23,24)/t18-/m1/s1. The molecule has 0 fully saturated rings. The van der Waals surface area contributed by atoms with Crippen LogP contribution in [0.4, 0.5) is 0 Å². The van der Waals surface area contributed by atoms with Crippen LogP contribution in [0, 0.1) is 0 Å². The highest BCUT2D eigenvalue weighted by Crippen LogP contribution is 2.19. The number of carbonyl (C=O) groups is 1. The molecule has 25 heavy (non-hydrogen) atoms. The summed E-state index contributed by atoms with van der Waals surface area (Å²) < 4.78 is 5.48. The van der Waals surface area contributed by atoms with Gasteiger partial charge in [0, 0.05) is 6.54 Å². The zero-order valence-electron chi connectivity index (χ0n) is 14.6. The number of aliphatic hydroxyl groups excluding tert-OH is 1. The van der Waals surface area contributed by atoms with Crippen molar-refractivity contribution in [3.8, 4) is 5.75 Å². The number of aliphatic carboxylic acids is 1. The average molecular weight is 343 g/mol. The van der Waals surface area contributed by atoms with Crippen LogP contribution in [0.1, 0.15) is 31.1 Å². The third-order valence-corrected chi connectivity index (χ3v) is 3.92. The van der Waals surface area contributed by atoms with Crippen LogP contribution < -0.4 is 10.1 Å². The Kier molecular flexibility index (Phi) is 6.56. The van der Waals surface area contributed by atoms with E-state index in [1.807, 2.05) is 42.5 Å². The van der Waals surface area contributed by atoms with E-state index in [9.17, 15) is 9.90 Å². The smallest absolute Gasteiger partial charge is 0.347 e. The summed E-state index contributed by atoms with van der Waals surface area (Å²) in [6.07, 6.45) is 0.291. The van der Waals surface area contributed by atoms with Gasteiger partial charge in [-0.2, -0.15) is 0 Å². The number of hydrogen-bond acceptors (Lipinski definition) is 4. The maximum atomic E-state index is 11.1. The maximum Gasteiger partial charge on any atom is 0.347 e. The molecule has 0 saturated heterocycles. The van der Waals surface area contributed by atoms with Crippen LogP contribution in [-0.2, 0) is 11.2 Å². The Morgan fingerprint density at radius 2 is 1.76 bits per heavy atom. The number of benzene rings is 2. The van der Waals surface area contributed by atoms with Crippen molar-refractivity contribution in [3.63, 3.8) is 0 Å². The van der Waals surface area contributed by atoms with Gasteiger partial charge in [-0.1, -0.05) is 42.5 Å². The van der Waals surface area contributed by atoms with E-state index in [1.165, 1.54) is 13.8 Å². The van der Waals surface area contributed by atoms with Crippen molar-refractivity contribution in [3.05, 3.63) is 65.7 Å². The fourth-order valence-corrected chi connectivity index (χ4v) is 2.33. The highest BCUT2D eigenvalue weighted by molar-refractivity contribution is 5.76. The lowest BCUT2D eigenvalue weighted by molar-refractivity contribution is -0.152. The van der Waals surface area contributed by atoms with Gasteiger partial charge in [-0.15, -0.1) is 0 Å². The lowest BCUT2D eigenvalue weighted by Crippen LogP contribution is -2.37. The molecule has 5 nitrogen and oxygen atoms in total. The molecule has 3 N–H and O–H groups in total. The van der Waals surface area contributed by atoms with Crippen LogP contribution in [0.2, 0.25) is 0 Å². The van der Waals surface area contributed by atoms with Crippen LogP contribution in [0.25, 0.3) is 0 Å². The van der Waals surface area contributed by atoms with Crippen molar-refractivity contribution in [1.82, 2.24) is 5.32 Å². The Bertz CT molecular complexity index is 668. The van der Waals surface area contributed by atoms with E-state index in [4.69, 9.17) is 9.84 Å². The average Bonchev–Trinajstić information content (AvgIpc) is 2.60. The molecule has 2 rings (SSSR count). The molecule has 0 saturated carbocycles. The first kappa shape index (κ1) is 19.0. The molecule has 0 amide bonds. The summed E-state index contributed by atoms with van der Waals surface area (Å²) in [5.74, 6) is -0.471. The number of carboxylic acid groups (broad SMARTS) is 1. The van der Waals surface area contributed by atoms with Crippen molar-refractivity contribution in [2.24, 2.45) is 0 Å². The summed E-state index contributed by atoms with van der Waals surface area (Å²) >= 11 is 0. The predicted octanol–water partition coefficient (Wildman–Crippen LogP) is 2.79. The zero-order valence-corrected chi connectivity index (χ0v) is 14.6. The van der Waals surface area contributed by atoms with Crippen molar-refractivity contribution in [1.29, 1.82) is 0 Å². The normalized spacial score (nSPS) is 12.6. The molecule has 0 bridgehead atoms. The van der Waals surface area contributed by atoms with Crippen LogP contribution >= 0.6 is 0 Å². The SMILES string of the molecule is CC(C)(Oc1ccc(CCNC[C@@H](O)c2ccccc2)cc1)C(=O)O. The molecular weight excluding hydrogens is 318 g/mol. The van der Waals surface area contributed by atoms with Gasteiger partial charge in [0.2, 0.25) is 0 Å². The van der Waals surface area contributed by atoms with Crippen molar-refractivity contribution in [2.75, 3.05) is 13.1 Å². The summed E-state index contributed by atoms with van der Waals surface area (Å²) in [6.45, 7) is 4.28. The fraction of sp³-hybridized carbons (Fsp3) is 0.350. The van der Waals surface area contributed by atoms with Gasteiger partial charge in [0.05, 0.1) is 6.10 Å². The molecule has 0 aliphatic heterocycles. The van der Waals surface area contributed by atoms with Gasteiger partial charge in [0.1, 0.15) is 5.75 Å². The quantitative estimate of drug-likeness (QED) is 0.610. The molecule has 2 aromatic rings. The summed E-state index contributed by atoms with van der Waals surface area (Å²) in [7, 11) is 0. The van der Waals surface area contributed by atoms with Crippen LogP contribution in [-0.4, -0.2) is 34.9 Å². The molecule has 2 aromatic carbocycles. The first-order chi connectivity index (χ1) is 11.9. The van der Waals surface area contributed by atoms with Gasteiger partial charge in [0.15, 0.2) is 5.60 Å². The second-order valence-corrected chi connectivity index (χ2v) is 6.44. The van der Waals surface area contributed by atoms with E-state index in [-0.39, 0.29) is 0 Å². The molecule has 0 aliphatic carbocycles. The van der Waals surface area contributed by atoms with E-state index < -0.39 is 17.7 Å². The number of carboxylic acids is 1. The number of nitrogens with one attached hydrogen (secondary N) is 1. The maximum absolute atomic E-state index is 11.1. The van der Waals surface area contributed by atoms with E-state index in [1.54, 1.807) is 12.1 Å². The third-order valence-electron chi connectivity index (χ3n) is 3.92. The largest absolute Gasteiger partial charge is 0.478 e. The Hall–Kier alpha value is -2.37. The summed E-state index contributed by atoms with van der Waals surface area (Å²) in [5, 5.41) is 22.4. The molecule has 0 radical (unpaired) electrons. The van der Waals surface area contributed by atoms with Crippen LogP contribution in [0.15, 0.2) is 54.6 Å². The van der Waals surface area contributed by atoms with Crippen molar-refractivity contribution in [2.45, 2.75) is 32.0 Å². The Morgan fingerprint density at radius 3 is 2.36 bits per heavy atom. The Labute approximate surface area is 148 Å². The molecule has 0 heterocycles. The number of hydrogen-bond donors (Lipinski definition) is 3. The first-order valence-corrected chi connectivity index (χ1v) is 8.33. The first-order valence-electron chi connectivity index (χ1n) is 8.33. The lowest BCUT2D eigenvalue weighted by atomic mass is 10.1. The van der Waals surface area contributed by atoms with Gasteiger partial charge in [0.25, 0.3) is 0 Å². The van der Waals surface area contributed by atoms with Gasteiger partial charge in [-0.3, -0.25) is 0 Å².